The first-order valence-corrected chi connectivity index (χ1v) is 35.6. The maximum Gasteiger partial charge on any atom is 0.309 e. The highest BCUT2D eigenvalue weighted by molar-refractivity contribution is 5.83. The van der Waals surface area contributed by atoms with Gasteiger partial charge in [0.2, 0.25) is 0 Å². The van der Waals surface area contributed by atoms with E-state index >= 15 is 4.79 Å². The highest BCUT2D eigenvalue weighted by Crippen LogP contribution is 2.67. The molecule has 0 saturated heterocycles. The van der Waals surface area contributed by atoms with Gasteiger partial charge in [-0.3, -0.25) is 4.79 Å². The summed E-state index contributed by atoms with van der Waals surface area (Å²) < 4.78 is 18.9. The third kappa shape index (κ3) is 20.8. The van der Waals surface area contributed by atoms with Crippen LogP contribution in [0.4, 0.5) is 0 Å². The zero-order valence-electron chi connectivity index (χ0n) is 58.2. The van der Waals surface area contributed by atoms with Gasteiger partial charge in [-0.05, 0) is 142 Å². The van der Waals surface area contributed by atoms with Crippen molar-refractivity contribution in [1.29, 1.82) is 0 Å². The fourth-order valence-electron chi connectivity index (χ4n) is 17.9. The van der Waals surface area contributed by atoms with E-state index in [9.17, 15) is 0 Å². The Morgan fingerprint density at radius 1 is 0.370 bits per heavy atom. The van der Waals surface area contributed by atoms with E-state index in [1.807, 2.05) is 6.07 Å². The maximum absolute atomic E-state index is 15.5. The van der Waals surface area contributed by atoms with Crippen molar-refractivity contribution in [1.82, 2.24) is 0 Å². The van der Waals surface area contributed by atoms with Crippen molar-refractivity contribution < 1.29 is 19.0 Å². The number of hydrogen-bond donors (Lipinski definition) is 0. The molecule has 0 amide bonds. The Bertz CT molecular complexity index is 1830. The van der Waals surface area contributed by atoms with Gasteiger partial charge in [-0.1, -0.05) is 304 Å². The molecule has 0 saturated carbocycles. The quantitative estimate of drug-likeness (QED) is 0.0489. The predicted octanol–water partition coefficient (Wildman–Crippen LogP) is 25.2. The molecule has 2 atom stereocenters. The van der Waals surface area contributed by atoms with Gasteiger partial charge in [0.25, 0.3) is 0 Å². The molecule has 0 fully saturated rings. The summed E-state index contributed by atoms with van der Waals surface area (Å²) in [4.78, 5) is 15.5. The van der Waals surface area contributed by atoms with Gasteiger partial charge in [0.05, 0.1) is 19.1 Å². The second-order valence-electron chi connectivity index (χ2n) is 28.2. The van der Waals surface area contributed by atoms with Crippen LogP contribution in [0.15, 0.2) is 42.5 Å². The van der Waals surface area contributed by atoms with Crippen LogP contribution in [0.25, 0.3) is 10.8 Å². The minimum Gasteiger partial charge on any atom is -0.491 e. The molecule has 2 unspecified atom stereocenters. The third-order valence-electron chi connectivity index (χ3n) is 25.0. The first-order chi connectivity index (χ1) is 38.7. The SMILES string of the molecule is CCCCCC(CC(CC)(CC)CC)(CC(CC)(CC)CC)CC(CC(CC)C(=O)OCCOCCOc1ccc2ccccc2c1)(CC(CC)(CC)CC)CC(CC(CC)(CC)CC)(CC(CC)(CC)CC)CC(CC)(CC)CC. The van der Waals surface area contributed by atoms with Gasteiger partial charge in [-0.15, -0.1) is 0 Å². The first kappa shape index (κ1) is 75.0. The van der Waals surface area contributed by atoms with Crippen LogP contribution in [0.1, 0.15) is 344 Å². The molecule has 0 radical (unpaired) electrons. The van der Waals surface area contributed by atoms with Crippen LogP contribution in [0.5, 0.6) is 5.75 Å². The van der Waals surface area contributed by atoms with Crippen LogP contribution in [-0.2, 0) is 14.3 Å². The standard InChI is InChI=1S/C77H140O4/c1-21-41-44-49-75(56-69(23-3,24-4)25-5,57-70(26-6,27-7)28-8)62-76(58-71(29-9,30-10)31-11,55-64(22-2)68(78)81-53-51-79-50-52-80-67-48-47-65-45-42-43-46-66(65)54-67)63-77(59-72(32-12,33-13)34-14,60-73(35-15,36-16)37-17)61-74(38-18,39-19)40-20/h42-43,45-48,54,64H,21-41,44,49-53,55-63H2,1-20H3. The Kier molecular flexibility index (Phi) is 33.5. The van der Waals surface area contributed by atoms with Gasteiger partial charge in [0.1, 0.15) is 19.0 Å². The Morgan fingerprint density at radius 3 is 1.10 bits per heavy atom. The highest BCUT2D eigenvalue weighted by Gasteiger charge is 2.56. The number of rotatable bonds is 49. The van der Waals surface area contributed by atoms with Gasteiger partial charge in [0.15, 0.2) is 0 Å². The molecule has 0 N–H and O–H groups in total. The molecule has 0 spiro atoms. The van der Waals surface area contributed by atoms with E-state index < -0.39 is 0 Å². The molecule has 0 aliphatic heterocycles. The monoisotopic (exact) mass is 1130 g/mol. The zero-order valence-corrected chi connectivity index (χ0v) is 58.2. The molecule has 2 rings (SSSR count). The second-order valence-corrected chi connectivity index (χ2v) is 28.2. The van der Waals surface area contributed by atoms with Crippen LogP contribution in [0.3, 0.4) is 0 Å². The van der Waals surface area contributed by atoms with E-state index in [4.69, 9.17) is 14.2 Å². The fourth-order valence-corrected chi connectivity index (χ4v) is 17.9. The molecule has 0 aliphatic rings. The molecule has 4 nitrogen and oxygen atoms in total. The minimum atomic E-state index is -0.188. The number of hydrogen-bond acceptors (Lipinski definition) is 4. The number of benzene rings is 2. The van der Waals surface area contributed by atoms with E-state index in [-0.39, 0.29) is 67.2 Å². The number of carbonyl (C=O) groups is 1. The van der Waals surface area contributed by atoms with Crippen molar-refractivity contribution in [2.24, 2.45) is 54.7 Å². The van der Waals surface area contributed by atoms with Crippen LogP contribution in [0, 0.1) is 54.7 Å². The Hall–Kier alpha value is -2.07. The smallest absolute Gasteiger partial charge is 0.309 e. The minimum absolute atomic E-state index is 0.00488. The van der Waals surface area contributed by atoms with Crippen molar-refractivity contribution >= 4 is 16.7 Å². The molecular weight excluding hydrogens is 989 g/mol. The summed E-state index contributed by atoms with van der Waals surface area (Å²) in [6.45, 7) is 52.0. The fraction of sp³-hybridized carbons (Fsp3) is 0.857. The van der Waals surface area contributed by atoms with Crippen molar-refractivity contribution in [3.8, 4) is 5.75 Å². The lowest BCUT2D eigenvalue weighted by Crippen LogP contribution is -2.49. The van der Waals surface area contributed by atoms with Crippen LogP contribution in [0.2, 0.25) is 0 Å². The molecule has 472 valence electrons. The summed E-state index contributed by atoms with van der Waals surface area (Å²) in [5.41, 5.74) is 1.63. The van der Waals surface area contributed by atoms with Gasteiger partial charge in [0, 0.05) is 0 Å². The summed E-state index contributed by atoms with van der Waals surface area (Å²) in [5.74, 6) is 0.667. The van der Waals surface area contributed by atoms with E-state index in [0.29, 0.717) is 19.8 Å². The number of fused-ring (bicyclic) bond motifs is 1. The molecule has 2 aromatic rings. The van der Waals surface area contributed by atoms with Crippen LogP contribution < -0.4 is 4.74 Å². The lowest BCUT2D eigenvalue weighted by molar-refractivity contribution is -0.154. The largest absolute Gasteiger partial charge is 0.491 e. The maximum atomic E-state index is 15.5. The predicted molar refractivity (Wildman–Crippen MR) is 358 cm³/mol. The van der Waals surface area contributed by atoms with Gasteiger partial charge in [-0.25, -0.2) is 0 Å². The van der Waals surface area contributed by atoms with E-state index in [2.05, 4.69) is 175 Å². The third-order valence-corrected chi connectivity index (χ3v) is 25.0. The molecule has 4 heteroatoms. The number of carbonyl (C=O) groups excluding carboxylic acids is 1. The average molecular weight is 1130 g/mol. The number of ether oxygens (including phenoxy) is 3. The molecule has 0 heterocycles. The van der Waals surface area contributed by atoms with Gasteiger partial charge >= 0.3 is 5.97 Å². The van der Waals surface area contributed by atoms with E-state index in [1.54, 1.807) is 0 Å². The van der Waals surface area contributed by atoms with Crippen molar-refractivity contribution in [2.75, 3.05) is 26.4 Å². The number of esters is 1. The molecular formula is C77H140O4. The molecule has 0 aliphatic carbocycles. The summed E-state index contributed by atoms with van der Waals surface area (Å²) in [6.07, 6.45) is 39.0. The highest BCUT2D eigenvalue weighted by atomic mass is 16.6. The average Bonchev–Trinajstić information content (AvgIpc) is 3.60. The lowest BCUT2D eigenvalue weighted by atomic mass is 9.46. The van der Waals surface area contributed by atoms with Crippen molar-refractivity contribution in [2.45, 2.75) is 344 Å². The Balaban J connectivity index is 3.27. The molecule has 0 aromatic heterocycles. The molecule has 81 heavy (non-hydrogen) atoms. The second kappa shape index (κ2) is 36.2. The van der Waals surface area contributed by atoms with E-state index in [1.165, 1.54) is 203 Å². The first-order valence-electron chi connectivity index (χ1n) is 35.6. The number of unbranched alkanes of at least 4 members (excludes halogenated alkanes) is 2. The van der Waals surface area contributed by atoms with E-state index in [0.717, 1.165) is 18.6 Å². The van der Waals surface area contributed by atoms with Crippen LogP contribution in [-0.4, -0.2) is 32.4 Å². The lowest BCUT2D eigenvalue weighted by Gasteiger charge is -2.59. The zero-order chi connectivity index (χ0) is 60.9. The summed E-state index contributed by atoms with van der Waals surface area (Å²) in [7, 11) is 0. The van der Waals surface area contributed by atoms with Gasteiger partial charge < -0.3 is 14.2 Å². The summed E-state index contributed by atoms with van der Waals surface area (Å²) >= 11 is 0. The van der Waals surface area contributed by atoms with Crippen molar-refractivity contribution in [3.05, 3.63) is 42.5 Å². The summed E-state index contributed by atoms with van der Waals surface area (Å²) in [6, 6.07) is 14.7. The molecule has 2 aromatic carbocycles. The van der Waals surface area contributed by atoms with Crippen LogP contribution >= 0.6 is 0 Å². The van der Waals surface area contributed by atoms with Crippen molar-refractivity contribution in [3.63, 3.8) is 0 Å². The summed E-state index contributed by atoms with van der Waals surface area (Å²) in [5, 5.41) is 2.38. The Morgan fingerprint density at radius 2 is 0.716 bits per heavy atom. The molecule has 0 bridgehead atoms. The topological polar surface area (TPSA) is 44.8 Å². The van der Waals surface area contributed by atoms with Gasteiger partial charge in [-0.2, -0.15) is 0 Å². The Labute approximate surface area is 506 Å². The normalized spacial score (nSPS) is 14.6.